The summed E-state index contributed by atoms with van der Waals surface area (Å²) >= 11 is 6.49. The first kappa shape index (κ1) is 36.0. The molecule has 3 aliphatic heterocycles. The minimum absolute atomic E-state index is 0.0271. The first-order chi connectivity index (χ1) is 23.9. The number of amides is 1. The van der Waals surface area contributed by atoms with Gasteiger partial charge in [-0.1, -0.05) is 44.4 Å². The molecule has 2 fully saturated rings. The number of carbonyl (C=O) groups excluding carboxylic acids is 1. The van der Waals surface area contributed by atoms with Gasteiger partial charge in [-0.2, -0.15) is 0 Å². The van der Waals surface area contributed by atoms with Crippen LogP contribution in [0, 0.1) is 17.3 Å². The molecule has 1 unspecified atom stereocenters. The molecule has 3 heterocycles. The Morgan fingerprint density at radius 1 is 1.00 bits per heavy atom. The smallest absolute Gasteiger partial charge is 0.264 e. The summed E-state index contributed by atoms with van der Waals surface area (Å²) in [5.41, 5.74) is 3.44. The van der Waals surface area contributed by atoms with E-state index in [9.17, 15) is 13.2 Å². The van der Waals surface area contributed by atoms with Gasteiger partial charge in [-0.3, -0.25) is 4.79 Å². The van der Waals surface area contributed by atoms with Gasteiger partial charge in [0.2, 0.25) is 10.0 Å². The number of rotatable bonds is 3. The second-order valence-electron chi connectivity index (χ2n) is 16.2. The molecule has 0 aromatic heterocycles. The van der Waals surface area contributed by atoms with Crippen LogP contribution in [0.4, 0.5) is 5.69 Å². The van der Waals surface area contributed by atoms with Gasteiger partial charge >= 0.3 is 0 Å². The van der Waals surface area contributed by atoms with E-state index in [1.54, 1.807) is 6.07 Å². The molecule has 1 amide bonds. The Balaban J connectivity index is 1.29. The molecule has 9 nitrogen and oxygen atoms in total. The van der Waals surface area contributed by atoms with Crippen molar-refractivity contribution >= 4 is 33.2 Å². The number of hydrogen-bond donors (Lipinski definition) is 1. The van der Waals surface area contributed by atoms with E-state index in [1.807, 2.05) is 25.1 Å². The molecule has 5 aliphatic rings. The zero-order valence-electron chi connectivity index (χ0n) is 30.1. The van der Waals surface area contributed by atoms with Crippen molar-refractivity contribution in [3.8, 4) is 5.75 Å². The second-order valence-corrected chi connectivity index (χ2v) is 18.6. The van der Waals surface area contributed by atoms with E-state index in [0.717, 1.165) is 80.9 Å². The highest BCUT2D eigenvalue weighted by atomic mass is 35.5. The van der Waals surface area contributed by atoms with Crippen molar-refractivity contribution in [1.29, 1.82) is 0 Å². The number of fused-ring (bicyclic) bond motifs is 4. The average molecular weight is 728 g/mol. The zero-order chi connectivity index (χ0) is 35.3. The number of likely N-dealkylation sites (N-methyl/N-ethyl adjacent to an activating group) is 1. The lowest BCUT2D eigenvalue weighted by Crippen LogP contribution is -2.56. The second kappa shape index (κ2) is 14.2. The Kier molecular flexibility index (Phi) is 10.2. The molecule has 5 atom stereocenters. The molecule has 1 saturated heterocycles. The number of aryl methyl sites for hydroxylation is 1. The topological polar surface area (TPSA) is 97.4 Å². The van der Waals surface area contributed by atoms with Crippen LogP contribution in [0.1, 0.15) is 93.1 Å². The number of ether oxygens (including phenoxy) is 3. The van der Waals surface area contributed by atoms with E-state index in [2.05, 4.69) is 47.7 Å². The van der Waals surface area contributed by atoms with Gasteiger partial charge in [0, 0.05) is 35.0 Å². The summed E-state index contributed by atoms with van der Waals surface area (Å²) in [4.78, 5) is 18.2. The monoisotopic (exact) mass is 727 g/mol. The highest BCUT2D eigenvalue weighted by Gasteiger charge is 2.52. The van der Waals surface area contributed by atoms with Gasteiger partial charge in [-0.05, 0) is 118 Å². The lowest BCUT2D eigenvalue weighted by atomic mass is 9.55. The zero-order valence-corrected chi connectivity index (χ0v) is 31.7. The Morgan fingerprint density at radius 3 is 2.50 bits per heavy atom. The third-order valence-corrected chi connectivity index (χ3v) is 14.9. The van der Waals surface area contributed by atoms with Gasteiger partial charge in [0.15, 0.2) is 6.29 Å². The number of halogens is 1. The first-order valence-corrected chi connectivity index (χ1v) is 20.6. The van der Waals surface area contributed by atoms with Crippen molar-refractivity contribution in [2.45, 2.75) is 101 Å². The Morgan fingerprint density at radius 2 is 1.78 bits per heavy atom. The number of nitrogens with one attached hydrogen (secondary N) is 1. The summed E-state index contributed by atoms with van der Waals surface area (Å²) in [6.45, 7) is 7.60. The predicted octanol–water partition coefficient (Wildman–Crippen LogP) is 6.56. The molecule has 7 rings (SSSR count). The molecule has 0 radical (unpaired) electrons. The molecule has 11 heteroatoms. The fraction of sp³-hybridized carbons (Fsp3) is 0.667. The van der Waals surface area contributed by atoms with Gasteiger partial charge in [0.25, 0.3) is 5.91 Å². The van der Waals surface area contributed by atoms with Crippen LogP contribution in [0.3, 0.4) is 0 Å². The van der Waals surface area contributed by atoms with Gasteiger partial charge in [0.05, 0.1) is 36.8 Å². The fourth-order valence-electron chi connectivity index (χ4n) is 9.58. The SMILES string of the molecule is CC[C@@H]1CCCC[C@H](C2OCC(N(C)C)CO2)[C@@H]2CCC2(C)CN2C[C@@]3(CCCc4cc(Cl)ccc43)COc3ccc(cc32)C(=O)NS1(=O)=O. The fourth-order valence-corrected chi connectivity index (χ4v) is 11.2. The molecule has 2 aromatic rings. The van der Waals surface area contributed by atoms with E-state index in [1.165, 1.54) is 11.1 Å². The molecule has 1 spiro atoms. The maximum Gasteiger partial charge on any atom is 0.264 e. The molecule has 2 bridgehead atoms. The summed E-state index contributed by atoms with van der Waals surface area (Å²) in [5, 5.41) is 0.106. The molecular weight excluding hydrogens is 674 g/mol. The summed E-state index contributed by atoms with van der Waals surface area (Å²) in [7, 11) is 0.251. The molecule has 274 valence electrons. The van der Waals surface area contributed by atoms with Crippen molar-refractivity contribution < 1.29 is 27.4 Å². The van der Waals surface area contributed by atoms with Crippen molar-refractivity contribution in [1.82, 2.24) is 9.62 Å². The number of nitrogens with zero attached hydrogens (tertiary/aromatic N) is 2. The van der Waals surface area contributed by atoms with Crippen molar-refractivity contribution in [2.75, 3.05) is 51.9 Å². The summed E-state index contributed by atoms with van der Waals surface area (Å²) < 4.78 is 49.2. The minimum atomic E-state index is -3.88. The lowest BCUT2D eigenvalue weighted by Gasteiger charge is -2.55. The van der Waals surface area contributed by atoms with E-state index in [-0.39, 0.29) is 29.1 Å². The minimum Gasteiger partial charge on any atom is -0.490 e. The van der Waals surface area contributed by atoms with Crippen LogP contribution in [0.2, 0.25) is 5.02 Å². The van der Waals surface area contributed by atoms with Gasteiger partial charge < -0.3 is 24.0 Å². The lowest BCUT2D eigenvalue weighted by molar-refractivity contribution is -0.246. The van der Waals surface area contributed by atoms with E-state index < -0.39 is 21.2 Å². The highest BCUT2D eigenvalue weighted by molar-refractivity contribution is 7.90. The van der Waals surface area contributed by atoms with Gasteiger partial charge in [-0.15, -0.1) is 0 Å². The average Bonchev–Trinajstić information content (AvgIpc) is 3.23. The van der Waals surface area contributed by atoms with E-state index >= 15 is 0 Å². The number of sulfonamides is 1. The summed E-state index contributed by atoms with van der Waals surface area (Å²) in [6, 6.07) is 11.9. The summed E-state index contributed by atoms with van der Waals surface area (Å²) in [5.74, 6) is 0.696. The van der Waals surface area contributed by atoms with E-state index in [4.69, 9.17) is 25.8 Å². The Labute approximate surface area is 303 Å². The Hall–Kier alpha value is -2.37. The molecule has 2 aliphatic carbocycles. The van der Waals surface area contributed by atoms with Crippen LogP contribution < -0.4 is 14.4 Å². The van der Waals surface area contributed by atoms with E-state index in [0.29, 0.717) is 44.1 Å². The molecule has 2 aromatic carbocycles. The van der Waals surface area contributed by atoms with Crippen molar-refractivity contribution in [3.05, 3.63) is 58.1 Å². The number of carbonyl (C=O) groups is 1. The van der Waals surface area contributed by atoms with Crippen LogP contribution in [0.15, 0.2) is 36.4 Å². The molecular formula is C39H54ClN3O6S. The largest absolute Gasteiger partial charge is 0.490 e. The molecule has 50 heavy (non-hydrogen) atoms. The third kappa shape index (κ3) is 6.92. The molecule has 1 N–H and O–H groups in total. The molecule has 1 saturated carbocycles. The van der Waals surface area contributed by atoms with Crippen molar-refractivity contribution in [3.63, 3.8) is 0 Å². The normalized spacial score (nSPS) is 34.5. The maximum atomic E-state index is 13.6. The summed E-state index contributed by atoms with van der Waals surface area (Å²) in [6.07, 6.45) is 8.39. The standard InChI is InChI=1S/C39H54ClN3O6S/c1-5-30-10-6-7-11-31(37-47-21-29(22-48-37)42(3)4)33-16-18-38(33,2)23-43-24-39(17-8-9-26-19-28(40)13-14-32(26)39)25-49-35-15-12-27(20-34(35)43)36(44)41-50(30,45)46/h12-15,19-20,29-31,33,37H,5-11,16-18,21-25H2,1-4H3,(H,41,44)/t29?,30-,31+,33+,37?,38?,39+/m1/s1. The number of benzene rings is 2. The van der Waals surface area contributed by atoms with Crippen LogP contribution in [0.5, 0.6) is 5.75 Å². The predicted molar refractivity (Wildman–Crippen MR) is 197 cm³/mol. The maximum absolute atomic E-state index is 13.6. The first-order valence-electron chi connectivity index (χ1n) is 18.7. The number of hydrogen-bond acceptors (Lipinski definition) is 8. The van der Waals surface area contributed by atoms with Crippen LogP contribution in [-0.2, 0) is 31.3 Å². The van der Waals surface area contributed by atoms with Gasteiger partial charge in [0.1, 0.15) is 5.75 Å². The number of anilines is 1. The van der Waals surface area contributed by atoms with Crippen LogP contribution >= 0.6 is 11.6 Å². The highest BCUT2D eigenvalue weighted by Crippen LogP contribution is 2.55. The van der Waals surface area contributed by atoms with Crippen molar-refractivity contribution in [2.24, 2.45) is 17.3 Å². The quantitative estimate of drug-likeness (QED) is 0.380. The third-order valence-electron chi connectivity index (χ3n) is 12.7. The van der Waals surface area contributed by atoms with Gasteiger partial charge in [-0.25, -0.2) is 13.1 Å². The van der Waals surface area contributed by atoms with Crippen LogP contribution in [0.25, 0.3) is 0 Å². The van der Waals surface area contributed by atoms with Crippen LogP contribution in [-0.4, -0.2) is 83.8 Å². The Bertz CT molecular complexity index is 1680.